The number of rotatable bonds is 5. The van der Waals surface area contributed by atoms with E-state index in [9.17, 15) is 9.59 Å². The van der Waals surface area contributed by atoms with E-state index in [4.69, 9.17) is 0 Å². The smallest absolute Gasteiger partial charge is 0.253 e. The van der Waals surface area contributed by atoms with Crippen molar-refractivity contribution in [3.63, 3.8) is 0 Å². The zero-order chi connectivity index (χ0) is 15.2. The fourth-order valence-electron chi connectivity index (χ4n) is 2.33. The Hall–Kier alpha value is -2.04. The zero-order valence-electron chi connectivity index (χ0n) is 12.7. The average molecular weight is 289 g/mol. The molecule has 1 aliphatic rings. The summed E-state index contributed by atoms with van der Waals surface area (Å²) in [5.74, 6) is 0.0331. The van der Waals surface area contributed by atoms with Crippen molar-refractivity contribution in [2.45, 2.75) is 26.7 Å². The molecule has 114 valence electrons. The second-order valence-electron chi connectivity index (χ2n) is 5.75. The van der Waals surface area contributed by atoms with Crippen molar-refractivity contribution in [3.8, 4) is 0 Å². The molecule has 0 unspecified atom stereocenters. The van der Waals surface area contributed by atoms with Crippen molar-refractivity contribution < 1.29 is 9.59 Å². The Morgan fingerprint density at radius 2 is 2.10 bits per heavy atom. The lowest BCUT2D eigenvalue weighted by atomic mass is 9.99. The second-order valence-corrected chi connectivity index (χ2v) is 5.75. The molecular formula is C16H23N3O2. The molecule has 1 aromatic rings. The number of benzene rings is 1. The number of carbonyl (C=O) groups is 2. The summed E-state index contributed by atoms with van der Waals surface area (Å²) in [6.45, 7) is 5.57. The second kappa shape index (κ2) is 7.11. The number of hydrogen-bond donors (Lipinski definition) is 3. The Bertz CT molecular complexity index is 526. The molecule has 3 N–H and O–H groups in total. The third-order valence-corrected chi connectivity index (χ3v) is 3.44. The summed E-state index contributed by atoms with van der Waals surface area (Å²) < 4.78 is 0. The highest BCUT2D eigenvalue weighted by Gasteiger charge is 2.17. The SMILES string of the molecule is CC(C)CNC(=O)CNC(=O)c1cccc2c1NCCC2. The highest BCUT2D eigenvalue weighted by molar-refractivity contribution is 6.01. The van der Waals surface area contributed by atoms with E-state index in [0.29, 0.717) is 18.0 Å². The van der Waals surface area contributed by atoms with Crippen LogP contribution in [0.3, 0.4) is 0 Å². The summed E-state index contributed by atoms with van der Waals surface area (Å²) in [5.41, 5.74) is 2.69. The molecule has 0 radical (unpaired) electrons. The number of carbonyl (C=O) groups excluding carboxylic acids is 2. The number of para-hydroxylation sites is 1. The van der Waals surface area contributed by atoms with Gasteiger partial charge in [0, 0.05) is 13.1 Å². The predicted octanol–water partition coefficient (Wildman–Crippen LogP) is 1.55. The van der Waals surface area contributed by atoms with Crippen molar-refractivity contribution in [1.82, 2.24) is 10.6 Å². The predicted molar refractivity (Wildman–Crippen MR) is 83.4 cm³/mol. The van der Waals surface area contributed by atoms with Gasteiger partial charge in [0.05, 0.1) is 17.8 Å². The molecule has 2 rings (SSSR count). The van der Waals surface area contributed by atoms with E-state index < -0.39 is 0 Å². The van der Waals surface area contributed by atoms with E-state index in [1.165, 1.54) is 0 Å². The number of nitrogens with one attached hydrogen (secondary N) is 3. The molecule has 1 heterocycles. The number of aryl methyl sites for hydroxylation is 1. The number of amides is 2. The molecule has 0 bridgehead atoms. The largest absolute Gasteiger partial charge is 0.384 e. The first-order chi connectivity index (χ1) is 10.1. The fourth-order valence-corrected chi connectivity index (χ4v) is 2.33. The summed E-state index contributed by atoms with van der Waals surface area (Å²) in [6.07, 6.45) is 2.06. The number of anilines is 1. The van der Waals surface area contributed by atoms with Gasteiger partial charge in [0.15, 0.2) is 0 Å². The van der Waals surface area contributed by atoms with Gasteiger partial charge in [-0.25, -0.2) is 0 Å². The molecule has 0 aliphatic carbocycles. The van der Waals surface area contributed by atoms with Gasteiger partial charge in [-0.15, -0.1) is 0 Å². The lowest BCUT2D eigenvalue weighted by Gasteiger charge is -2.20. The van der Waals surface area contributed by atoms with Crippen LogP contribution in [-0.2, 0) is 11.2 Å². The Balaban J connectivity index is 1.93. The van der Waals surface area contributed by atoms with E-state index in [2.05, 4.69) is 16.0 Å². The van der Waals surface area contributed by atoms with Crippen LogP contribution in [0.2, 0.25) is 0 Å². The van der Waals surface area contributed by atoms with Crippen LogP contribution in [-0.4, -0.2) is 31.4 Å². The van der Waals surface area contributed by atoms with Crippen LogP contribution in [0.4, 0.5) is 5.69 Å². The van der Waals surface area contributed by atoms with Gasteiger partial charge in [0.1, 0.15) is 0 Å². The molecule has 5 heteroatoms. The van der Waals surface area contributed by atoms with Gasteiger partial charge >= 0.3 is 0 Å². The van der Waals surface area contributed by atoms with Crippen molar-refractivity contribution in [3.05, 3.63) is 29.3 Å². The van der Waals surface area contributed by atoms with Crippen LogP contribution >= 0.6 is 0 Å². The van der Waals surface area contributed by atoms with E-state index in [0.717, 1.165) is 30.6 Å². The minimum Gasteiger partial charge on any atom is -0.384 e. The first-order valence-corrected chi connectivity index (χ1v) is 7.48. The Morgan fingerprint density at radius 3 is 2.86 bits per heavy atom. The summed E-state index contributed by atoms with van der Waals surface area (Å²) in [7, 11) is 0. The summed E-state index contributed by atoms with van der Waals surface area (Å²) >= 11 is 0. The maximum Gasteiger partial charge on any atom is 0.253 e. The molecule has 0 atom stereocenters. The fraction of sp³-hybridized carbons (Fsp3) is 0.500. The van der Waals surface area contributed by atoms with Gasteiger partial charge in [0.2, 0.25) is 5.91 Å². The monoisotopic (exact) mass is 289 g/mol. The molecular weight excluding hydrogens is 266 g/mol. The lowest BCUT2D eigenvalue weighted by molar-refractivity contribution is -0.120. The molecule has 0 saturated carbocycles. The molecule has 0 aromatic heterocycles. The van der Waals surface area contributed by atoms with Gasteiger partial charge in [-0.05, 0) is 30.4 Å². The Kier molecular flexibility index (Phi) is 5.20. The normalized spacial score (nSPS) is 13.3. The van der Waals surface area contributed by atoms with Crippen molar-refractivity contribution in [1.29, 1.82) is 0 Å². The molecule has 21 heavy (non-hydrogen) atoms. The maximum atomic E-state index is 12.2. The van der Waals surface area contributed by atoms with E-state index in [1.807, 2.05) is 26.0 Å². The molecule has 1 aliphatic heterocycles. The summed E-state index contributed by atoms with van der Waals surface area (Å²) in [4.78, 5) is 23.9. The van der Waals surface area contributed by atoms with Crippen molar-refractivity contribution in [2.24, 2.45) is 5.92 Å². The topological polar surface area (TPSA) is 70.2 Å². The minimum atomic E-state index is -0.207. The van der Waals surface area contributed by atoms with E-state index >= 15 is 0 Å². The van der Waals surface area contributed by atoms with Crippen LogP contribution in [0.1, 0.15) is 36.2 Å². The third-order valence-electron chi connectivity index (χ3n) is 3.44. The average Bonchev–Trinajstić information content (AvgIpc) is 2.50. The van der Waals surface area contributed by atoms with Gasteiger partial charge < -0.3 is 16.0 Å². The van der Waals surface area contributed by atoms with Crippen LogP contribution in [0, 0.1) is 5.92 Å². The minimum absolute atomic E-state index is 0.00915. The molecule has 0 saturated heterocycles. The molecule has 2 amide bonds. The summed E-state index contributed by atoms with van der Waals surface area (Å²) in [5, 5.41) is 8.74. The third kappa shape index (κ3) is 4.21. The van der Waals surface area contributed by atoms with Crippen molar-refractivity contribution in [2.75, 3.05) is 25.0 Å². The highest BCUT2D eigenvalue weighted by atomic mass is 16.2. The molecule has 0 fully saturated rings. The highest BCUT2D eigenvalue weighted by Crippen LogP contribution is 2.25. The Morgan fingerprint density at radius 1 is 1.29 bits per heavy atom. The van der Waals surface area contributed by atoms with Crippen molar-refractivity contribution >= 4 is 17.5 Å². The van der Waals surface area contributed by atoms with Crippen LogP contribution in [0.25, 0.3) is 0 Å². The number of hydrogen-bond acceptors (Lipinski definition) is 3. The Labute approximate surface area is 125 Å². The quantitative estimate of drug-likeness (QED) is 0.770. The van der Waals surface area contributed by atoms with Gasteiger partial charge in [-0.1, -0.05) is 26.0 Å². The van der Waals surface area contributed by atoms with Gasteiger partial charge in [-0.3, -0.25) is 9.59 Å². The van der Waals surface area contributed by atoms with E-state index in [1.54, 1.807) is 6.07 Å². The lowest BCUT2D eigenvalue weighted by Crippen LogP contribution is -2.38. The molecule has 1 aromatic carbocycles. The van der Waals surface area contributed by atoms with Crippen LogP contribution in [0.15, 0.2) is 18.2 Å². The first kappa shape index (κ1) is 15.4. The molecule has 0 spiro atoms. The van der Waals surface area contributed by atoms with Gasteiger partial charge in [-0.2, -0.15) is 0 Å². The van der Waals surface area contributed by atoms with E-state index in [-0.39, 0.29) is 18.4 Å². The van der Waals surface area contributed by atoms with Crippen LogP contribution < -0.4 is 16.0 Å². The van der Waals surface area contributed by atoms with Gasteiger partial charge in [0.25, 0.3) is 5.91 Å². The maximum absolute atomic E-state index is 12.2. The number of fused-ring (bicyclic) bond motifs is 1. The standard InChI is InChI=1S/C16H23N3O2/c1-11(2)9-18-14(20)10-19-16(21)13-7-3-5-12-6-4-8-17-15(12)13/h3,5,7,11,17H,4,6,8-10H2,1-2H3,(H,18,20)(H,19,21). The first-order valence-electron chi connectivity index (χ1n) is 7.48. The zero-order valence-corrected chi connectivity index (χ0v) is 12.7. The molecule has 5 nitrogen and oxygen atoms in total. The summed E-state index contributed by atoms with van der Waals surface area (Å²) in [6, 6.07) is 5.71. The van der Waals surface area contributed by atoms with Crippen LogP contribution in [0.5, 0.6) is 0 Å².